The van der Waals surface area contributed by atoms with Gasteiger partial charge < -0.3 is 10.6 Å². The predicted molar refractivity (Wildman–Crippen MR) is 121 cm³/mol. The molecule has 0 radical (unpaired) electrons. The number of nitrogens with two attached hydrogens (primary N) is 1. The maximum absolute atomic E-state index is 13.3. The zero-order valence-corrected chi connectivity index (χ0v) is 18.2. The molecule has 31 heavy (non-hydrogen) atoms. The number of piperazine rings is 1. The van der Waals surface area contributed by atoms with Crippen LogP contribution in [0.2, 0.25) is 5.02 Å². The number of benzene rings is 3. The molecule has 0 unspecified atom stereocenters. The van der Waals surface area contributed by atoms with Gasteiger partial charge in [0.15, 0.2) is 0 Å². The number of nitrogens with one attached hydrogen (secondary N) is 1. The standard InChI is InChI=1S/C22H21ClN4O3S/c23-19-8-2-7-18-17(19)6-3-9-20(18)31(29,30)27-11-10-26(21(28)14-27)13-15-4-1-5-16(12-15)22(24)25/h1-9,12H,10-11,13-14H2,(H3,24,25). The molecule has 1 aliphatic heterocycles. The Hall–Kier alpha value is -2.94. The first-order valence-electron chi connectivity index (χ1n) is 9.66. The third kappa shape index (κ3) is 4.14. The lowest BCUT2D eigenvalue weighted by Crippen LogP contribution is -2.51. The largest absolute Gasteiger partial charge is 0.384 e. The van der Waals surface area contributed by atoms with E-state index in [1.807, 2.05) is 6.07 Å². The van der Waals surface area contributed by atoms with E-state index in [2.05, 4.69) is 0 Å². The van der Waals surface area contributed by atoms with Gasteiger partial charge in [-0.05, 0) is 23.8 Å². The van der Waals surface area contributed by atoms with E-state index >= 15 is 0 Å². The van der Waals surface area contributed by atoms with Crippen molar-refractivity contribution in [3.63, 3.8) is 0 Å². The molecule has 4 rings (SSSR count). The van der Waals surface area contributed by atoms with Crippen molar-refractivity contribution in [3.8, 4) is 0 Å². The number of carbonyl (C=O) groups excluding carboxylic acids is 1. The van der Waals surface area contributed by atoms with E-state index in [0.717, 1.165) is 5.56 Å². The van der Waals surface area contributed by atoms with Crippen LogP contribution < -0.4 is 5.73 Å². The summed E-state index contributed by atoms with van der Waals surface area (Å²) < 4.78 is 27.9. The normalized spacial score (nSPS) is 15.4. The molecule has 9 heteroatoms. The van der Waals surface area contributed by atoms with Crippen molar-refractivity contribution in [2.24, 2.45) is 5.73 Å². The van der Waals surface area contributed by atoms with Gasteiger partial charge in [0.25, 0.3) is 0 Å². The van der Waals surface area contributed by atoms with Gasteiger partial charge in [-0.2, -0.15) is 4.31 Å². The average Bonchev–Trinajstić information content (AvgIpc) is 2.75. The molecule has 7 nitrogen and oxygen atoms in total. The lowest BCUT2D eigenvalue weighted by atomic mass is 10.1. The van der Waals surface area contributed by atoms with Gasteiger partial charge in [-0.3, -0.25) is 10.2 Å². The zero-order valence-electron chi connectivity index (χ0n) is 16.6. The smallest absolute Gasteiger partial charge is 0.244 e. The Kier molecular flexibility index (Phi) is 5.70. The Morgan fingerprint density at radius 1 is 1.03 bits per heavy atom. The predicted octanol–water partition coefficient (Wildman–Crippen LogP) is 2.81. The molecule has 0 atom stereocenters. The van der Waals surface area contributed by atoms with Crippen LogP contribution in [0.25, 0.3) is 10.8 Å². The molecule has 1 fully saturated rings. The van der Waals surface area contributed by atoms with Gasteiger partial charge in [-0.25, -0.2) is 8.42 Å². The lowest BCUT2D eigenvalue weighted by Gasteiger charge is -2.34. The van der Waals surface area contributed by atoms with Crippen LogP contribution in [0.5, 0.6) is 0 Å². The monoisotopic (exact) mass is 456 g/mol. The summed E-state index contributed by atoms with van der Waals surface area (Å²) in [6, 6.07) is 17.2. The Morgan fingerprint density at radius 2 is 1.74 bits per heavy atom. The molecule has 0 aromatic heterocycles. The van der Waals surface area contributed by atoms with Crippen LogP contribution in [-0.4, -0.2) is 49.0 Å². The molecule has 0 aliphatic carbocycles. The number of hydrogen-bond donors (Lipinski definition) is 2. The van der Waals surface area contributed by atoms with Crippen molar-refractivity contribution in [2.45, 2.75) is 11.4 Å². The first kappa shape index (κ1) is 21.3. The van der Waals surface area contributed by atoms with Crippen LogP contribution in [0, 0.1) is 5.41 Å². The minimum atomic E-state index is -3.87. The number of nitrogen functional groups attached to an aromatic ring is 1. The average molecular weight is 457 g/mol. The van der Waals surface area contributed by atoms with E-state index in [0.29, 0.717) is 27.9 Å². The highest BCUT2D eigenvalue weighted by Gasteiger charge is 2.33. The Morgan fingerprint density at radius 3 is 2.48 bits per heavy atom. The fourth-order valence-electron chi connectivity index (χ4n) is 3.72. The summed E-state index contributed by atoms with van der Waals surface area (Å²) in [7, 11) is -3.87. The second kappa shape index (κ2) is 8.30. The molecular formula is C22H21ClN4O3S. The van der Waals surface area contributed by atoms with E-state index < -0.39 is 10.0 Å². The molecule has 3 N–H and O–H groups in total. The summed E-state index contributed by atoms with van der Waals surface area (Å²) in [6.45, 7) is 0.564. The third-order valence-corrected chi connectivity index (χ3v) is 7.57. The van der Waals surface area contributed by atoms with Crippen LogP contribution >= 0.6 is 11.6 Å². The highest BCUT2D eigenvalue weighted by Crippen LogP contribution is 2.30. The van der Waals surface area contributed by atoms with Crippen LogP contribution in [0.3, 0.4) is 0 Å². The minimum Gasteiger partial charge on any atom is -0.384 e. The fraction of sp³-hybridized carbons (Fsp3) is 0.182. The number of rotatable bonds is 5. The summed E-state index contributed by atoms with van der Waals surface area (Å²) in [5.41, 5.74) is 6.95. The minimum absolute atomic E-state index is 0.0423. The van der Waals surface area contributed by atoms with Crippen LogP contribution in [0.15, 0.2) is 65.6 Å². The number of amidine groups is 1. The van der Waals surface area contributed by atoms with E-state index in [1.165, 1.54) is 10.4 Å². The van der Waals surface area contributed by atoms with Gasteiger partial charge >= 0.3 is 0 Å². The molecule has 3 aromatic carbocycles. The first-order chi connectivity index (χ1) is 14.8. The zero-order chi connectivity index (χ0) is 22.2. The second-order valence-electron chi connectivity index (χ2n) is 7.36. The Bertz CT molecular complexity index is 1290. The number of hydrogen-bond acceptors (Lipinski definition) is 4. The van der Waals surface area contributed by atoms with Crippen molar-refractivity contribution in [3.05, 3.63) is 76.8 Å². The molecular weight excluding hydrogens is 436 g/mol. The molecule has 160 valence electrons. The van der Waals surface area contributed by atoms with Gasteiger partial charge in [0.1, 0.15) is 5.84 Å². The highest BCUT2D eigenvalue weighted by atomic mass is 35.5. The summed E-state index contributed by atoms with van der Waals surface area (Å²) >= 11 is 6.22. The number of amides is 1. The van der Waals surface area contributed by atoms with Crippen LogP contribution in [0.4, 0.5) is 0 Å². The molecule has 0 spiro atoms. The summed E-state index contributed by atoms with van der Waals surface area (Å²) in [5, 5.41) is 9.22. The fourth-order valence-corrected chi connectivity index (χ4v) is 5.55. The molecule has 1 amide bonds. The number of nitrogens with zero attached hydrogens (tertiary/aromatic N) is 2. The third-order valence-electron chi connectivity index (χ3n) is 5.34. The van der Waals surface area contributed by atoms with E-state index in [1.54, 1.807) is 53.4 Å². The van der Waals surface area contributed by atoms with E-state index in [-0.39, 0.29) is 36.3 Å². The van der Waals surface area contributed by atoms with Gasteiger partial charge in [0.05, 0.1) is 11.4 Å². The number of carbonyl (C=O) groups is 1. The van der Waals surface area contributed by atoms with Crippen molar-refractivity contribution < 1.29 is 13.2 Å². The topological polar surface area (TPSA) is 108 Å². The van der Waals surface area contributed by atoms with Gasteiger partial charge in [-0.1, -0.05) is 54.1 Å². The molecule has 0 saturated carbocycles. The first-order valence-corrected chi connectivity index (χ1v) is 11.5. The molecule has 0 bridgehead atoms. The van der Waals surface area contributed by atoms with Crippen molar-refractivity contribution in [1.82, 2.24) is 9.21 Å². The number of sulfonamides is 1. The number of halogens is 1. The summed E-state index contributed by atoms with van der Waals surface area (Å²) in [6.07, 6.45) is 0. The highest BCUT2D eigenvalue weighted by molar-refractivity contribution is 7.89. The lowest BCUT2D eigenvalue weighted by molar-refractivity contribution is -0.134. The van der Waals surface area contributed by atoms with Crippen LogP contribution in [0.1, 0.15) is 11.1 Å². The maximum atomic E-state index is 13.3. The Balaban J connectivity index is 1.55. The Labute approximate surface area is 185 Å². The van der Waals surface area contributed by atoms with Gasteiger partial charge in [-0.15, -0.1) is 0 Å². The molecule has 1 saturated heterocycles. The summed E-state index contributed by atoms with van der Waals surface area (Å²) in [4.78, 5) is 14.5. The number of fused-ring (bicyclic) bond motifs is 1. The molecule has 1 aliphatic rings. The molecule has 1 heterocycles. The van der Waals surface area contributed by atoms with Gasteiger partial charge in [0, 0.05) is 41.0 Å². The van der Waals surface area contributed by atoms with Gasteiger partial charge in [0.2, 0.25) is 15.9 Å². The molecule has 3 aromatic rings. The maximum Gasteiger partial charge on any atom is 0.244 e. The second-order valence-corrected chi connectivity index (χ2v) is 9.67. The summed E-state index contributed by atoms with van der Waals surface area (Å²) in [5.74, 6) is -0.319. The van der Waals surface area contributed by atoms with E-state index in [9.17, 15) is 13.2 Å². The van der Waals surface area contributed by atoms with Crippen molar-refractivity contribution in [2.75, 3.05) is 19.6 Å². The van der Waals surface area contributed by atoms with Crippen LogP contribution in [-0.2, 0) is 21.4 Å². The van der Waals surface area contributed by atoms with Crippen molar-refractivity contribution >= 4 is 44.1 Å². The van der Waals surface area contributed by atoms with E-state index in [4.69, 9.17) is 22.7 Å². The SMILES string of the molecule is N=C(N)c1cccc(CN2CCN(S(=O)(=O)c3cccc4c(Cl)cccc34)CC2=O)c1. The van der Waals surface area contributed by atoms with Crippen molar-refractivity contribution in [1.29, 1.82) is 5.41 Å². The quantitative estimate of drug-likeness (QED) is 0.454.